The smallest absolute Gasteiger partial charge is 0.267 e. The minimum Gasteiger partial charge on any atom is -0.293 e. The molecule has 1 N–H and O–H groups in total. The molecule has 0 bridgehead atoms. The van der Waals surface area contributed by atoms with Gasteiger partial charge in [-0.25, -0.2) is 5.10 Å². The summed E-state index contributed by atoms with van der Waals surface area (Å²) in [7, 11) is 0. The van der Waals surface area contributed by atoms with Crippen molar-refractivity contribution < 1.29 is 0 Å². The Labute approximate surface area is 131 Å². The van der Waals surface area contributed by atoms with Crippen molar-refractivity contribution in [3.63, 3.8) is 0 Å². The highest BCUT2D eigenvalue weighted by atomic mass is 16.1. The highest BCUT2D eigenvalue weighted by Crippen LogP contribution is 2.21. The summed E-state index contributed by atoms with van der Waals surface area (Å²) in [5.74, 6) is 0. The molecular weight excluding hydrogens is 274 g/mol. The van der Waals surface area contributed by atoms with E-state index in [1.165, 1.54) is 11.1 Å². The van der Waals surface area contributed by atoms with Crippen LogP contribution in [0.1, 0.15) is 42.1 Å². The summed E-state index contributed by atoms with van der Waals surface area (Å²) < 4.78 is 0. The first kappa shape index (κ1) is 15.0. The molecule has 3 rings (SSSR count). The van der Waals surface area contributed by atoms with Gasteiger partial charge >= 0.3 is 0 Å². The lowest BCUT2D eigenvalue weighted by molar-refractivity contribution is 0.265. The van der Waals surface area contributed by atoms with Crippen LogP contribution in [0, 0.1) is 0 Å². The first-order valence-corrected chi connectivity index (χ1v) is 8.13. The molecule has 0 unspecified atom stereocenters. The second kappa shape index (κ2) is 6.88. The molecule has 0 aliphatic heterocycles. The molecule has 1 aromatic carbocycles. The summed E-state index contributed by atoms with van der Waals surface area (Å²) in [6.45, 7) is 4.84. The quantitative estimate of drug-likeness (QED) is 0.923. The zero-order chi connectivity index (χ0) is 15.4. The zero-order valence-corrected chi connectivity index (χ0v) is 13.1. The number of benzene rings is 1. The predicted molar refractivity (Wildman–Crippen MR) is 87.7 cm³/mol. The van der Waals surface area contributed by atoms with Crippen molar-refractivity contribution in [1.82, 2.24) is 15.1 Å². The average Bonchev–Trinajstić information content (AvgIpc) is 2.58. The van der Waals surface area contributed by atoms with Crippen LogP contribution in [0.25, 0.3) is 0 Å². The van der Waals surface area contributed by atoms with Crippen LogP contribution in [0.15, 0.2) is 35.1 Å². The Balaban J connectivity index is 1.81. The molecule has 1 aliphatic carbocycles. The van der Waals surface area contributed by atoms with Crippen molar-refractivity contribution >= 4 is 0 Å². The first-order chi connectivity index (χ1) is 10.8. The van der Waals surface area contributed by atoms with Crippen LogP contribution in [0.2, 0.25) is 0 Å². The van der Waals surface area contributed by atoms with Gasteiger partial charge < -0.3 is 0 Å². The second-order valence-corrected chi connectivity index (χ2v) is 5.95. The molecule has 0 saturated heterocycles. The fourth-order valence-corrected chi connectivity index (χ4v) is 3.19. The molecule has 2 aromatic rings. The third-order valence-electron chi connectivity index (χ3n) is 4.45. The van der Waals surface area contributed by atoms with Crippen molar-refractivity contribution in [2.45, 2.75) is 45.7 Å². The van der Waals surface area contributed by atoms with Crippen LogP contribution in [0.3, 0.4) is 0 Å². The van der Waals surface area contributed by atoms with E-state index in [0.717, 1.165) is 56.6 Å². The third-order valence-corrected chi connectivity index (χ3v) is 4.45. The number of hydrogen-bond donors (Lipinski definition) is 1. The van der Waals surface area contributed by atoms with E-state index in [2.05, 4.69) is 46.3 Å². The highest BCUT2D eigenvalue weighted by molar-refractivity contribution is 5.30. The van der Waals surface area contributed by atoms with Gasteiger partial charge in [-0.1, -0.05) is 37.3 Å². The Morgan fingerprint density at radius 1 is 1.09 bits per heavy atom. The zero-order valence-electron chi connectivity index (χ0n) is 13.1. The van der Waals surface area contributed by atoms with E-state index < -0.39 is 0 Å². The van der Waals surface area contributed by atoms with Gasteiger partial charge in [-0.15, -0.1) is 0 Å². The summed E-state index contributed by atoms with van der Waals surface area (Å²) in [5, 5.41) is 7.03. The van der Waals surface area contributed by atoms with E-state index in [0.29, 0.717) is 0 Å². The van der Waals surface area contributed by atoms with Crippen molar-refractivity contribution in [2.75, 3.05) is 6.54 Å². The Bertz CT molecular complexity index is 678. The number of nitrogens with one attached hydrogen (secondary N) is 1. The van der Waals surface area contributed by atoms with Gasteiger partial charge in [0.1, 0.15) is 0 Å². The molecule has 0 spiro atoms. The van der Waals surface area contributed by atoms with Gasteiger partial charge in [-0.3, -0.25) is 9.69 Å². The fraction of sp³-hybridized carbons (Fsp3) is 0.444. The molecule has 0 fully saturated rings. The molecule has 0 saturated carbocycles. The van der Waals surface area contributed by atoms with Gasteiger partial charge in [0, 0.05) is 18.7 Å². The van der Waals surface area contributed by atoms with Gasteiger partial charge in [-0.2, -0.15) is 5.10 Å². The molecule has 1 aromatic heterocycles. The largest absolute Gasteiger partial charge is 0.293 e. The molecular formula is C18H23N3O. The van der Waals surface area contributed by atoms with Crippen LogP contribution in [-0.2, 0) is 25.9 Å². The van der Waals surface area contributed by atoms with E-state index >= 15 is 0 Å². The van der Waals surface area contributed by atoms with E-state index in [-0.39, 0.29) is 5.56 Å². The van der Waals surface area contributed by atoms with Crippen LogP contribution in [-0.4, -0.2) is 21.6 Å². The molecule has 4 heteroatoms. The summed E-state index contributed by atoms with van der Waals surface area (Å²) in [6, 6.07) is 10.5. The lowest BCUT2D eigenvalue weighted by Crippen LogP contribution is -2.28. The Kier molecular flexibility index (Phi) is 4.68. The average molecular weight is 297 g/mol. The minimum absolute atomic E-state index is 0.00422. The van der Waals surface area contributed by atoms with Gasteiger partial charge in [-0.05, 0) is 43.4 Å². The standard InChI is InChI=1S/C18H23N3O/c1-2-21(12-14-8-4-3-5-9-14)13-17-15-10-6-7-11-16(15)18(22)20-19-17/h3-5,8-9H,2,6-7,10-13H2,1H3,(H,20,22). The highest BCUT2D eigenvalue weighted by Gasteiger charge is 2.19. The van der Waals surface area contributed by atoms with Crippen LogP contribution >= 0.6 is 0 Å². The molecule has 0 radical (unpaired) electrons. The Morgan fingerprint density at radius 3 is 2.55 bits per heavy atom. The van der Waals surface area contributed by atoms with Crippen molar-refractivity contribution in [3.05, 3.63) is 63.1 Å². The van der Waals surface area contributed by atoms with Gasteiger partial charge in [0.15, 0.2) is 0 Å². The van der Waals surface area contributed by atoms with Crippen LogP contribution in [0.4, 0.5) is 0 Å². The molecule has 1 heterocycles. The number of hydrogen-bond acceptors (Lipinski definition) is 3. The van der Waals surface area contributed by atoms with Crippen molar-refractivity contribution in [2.24, 2.45) is 0 Å². The maximum atomic E-state index is 11.9. The van der Waals surface area contributed by atoms with E-state index in [1.54, 1.807) is 0 Å². The van der Waals surface area contributed by atoms with E-state index in [4.69, 9.17) is 0 Å². The van der Waals surface area contributed by atoms with E-state index in [9.17, 15) is 4.79 Å². The Hall–Kier alpha value is -1.94. The minimum atomic E-state index is 0.00422. The summed E-state index contributed by atoms with van der Waals surface area (Å²) in [5.41, 5.74) is 4.52. The maximum absolute atomic E-state index is 11.9. The lowest BCUT2D eigenvalue weighted by atomic mass is 9.91. The maximum Gasteiger partial charge on any atom is 0.267 e. The predicted octanol–water partition coefficient (Wildman–Crippen LogP) is 2.67. The lowest BCUT2D eigenvalue weighted by Gasteiger charge is -2.23. The topological polar surface area (TPSA) is 49.0 Å². The molecule has 22 heavy (non-hydrogen) atoms. The molecule has 4 nitrogen and oxygen atoms in total. The second-order valence-electron chi connectivity index (χ2n) is 5.95. The van der Waals surface area contributed by atoms with Gasteiger partial charge in [0.2, 0.25) is 0 Å². The first-order valence-electron chi connectivity index (χ1n) is 8.13. The summed E-state index contributed by atoms with van der Waals surface area (Å²) >= 11 is 0. The normalized spacial score (nSPS) is 14.1. The van der Waals surface area contributed by atoms with Crippen molar-refractivity contribution in [3.8, 4) is 0 Å². The number of nitrogens with zero attached hydrogens (tertiary/aromatic N) is 2. The number of fused-ring (bicyclic) bond motifs is 1. The summed E-state index contributed by atoms with van der Waals surface area (Å²) in [6.07, 6.45) is 4.16. The Morgan fingerprint density at radius 2 is 1.82 bits per heavy atom. The molecule has 116 valence electrons. The molecule has 0 amide bonds. The molecule has 1 aliphatic rings. The third kappa shape index (κ3) is 3.28. The monoisotopic (exact) mass is 297 g/mol. The number of aromatic nitrogens is 2. The molecule has 0 atom stereocenters. The van der Waals surface area contributed by atoms with E-state index in [1.807, 2.05) is 6.07 Å². The SMILES string of the molecule is CCN(Cc1ccccc1)Cc1n[nH]c(=O)c2c1CCCC2. The van der Waals surface area contributed by atoms with Crippen molar-refractivity contribution in [1.29, 1.82) is 0 Å². The van der Waals surface area contributed by atoms with Crippen LogP contribution < -0.4 is 5.56 Å². The number of rotatable bonds is 5. The van der Waals surface area contributed by atoms with Crippen LogP contribution in [0.5, 0.6) is 0 Å². The fourth-order valence-electron chi connectivity index (χ4n) is 3.19. The number of H-pyrrole nitrogens is 1. The number of aromatic amines is 1. The summed E-state index contributed by atoms with van der Waals surface area (Å²) in [4.78, 5) is 14.3. The van der Waals surface area contributed by atoms with Gasteiger partial charge in [0.25, 0.3) is 5.56 Å². The van der Waals surface area contributed by atoms with Gasteiger partial charge in [0.05, 0.1) is 5.69 Å².